The molecule has 0 rings (SSSR count). The van der Waals surface area contributed by atoms with E-state index in [9.17, 15) is 35.9 Å². The molecule has 0 aromatic heterocycles. The maximum Gasteiger partial charge on any atom is 0.399 e. The molecule has 0 radical (unpaired) electrons. The molecule has 0 aromatic rings. The minimum Gasteiger partial charge on any atom is -0.299 e. The van der Waals surface area contributed by atoms with Crippen molar-refractivity contribution in [3.63, 3.8) is 0 Å². The number of halogens is 6. The van der Waals surface area contributed by atoms with Gasteiger partial charge in [0.2, 0.25) is 0 Å². The Balaban J connectivity index is 5.92. The number of ketones is 2. The standard InChI is InChI=1S/C12H16F6O2/c1-5(2)9(19)7(11(13,14)15)8(12(16,17)18)10(20)6(3)4/h5-8H,1-4H3/t7-,8+. The van der Waals surface area contributed by atoms with Crippen LogP contribution in [0.2, 0.25) is 0 Å². The molecule has 0 spiro atoms. The fourth-order valence-corrected chi connectivity index (χ4v) is 1.75. The third-order valence-corrected chi connectivity index (χ3v) is 2.79. The zero-order valence-corrected chi connectivity index (χ0v) is 11.4. The number of carbonyl (C=O) groups excluding carboxylic acids is 2. The first-order valence-electron chi connectivity index (χ1n) is 5.92. The molecule has 0 N–H and O–H groups in total. The van der Waals surface area contributed by atoms with Gasteiger partial charge in [-0.15, -0.1) is 0 Å². The molecule has 118 valence electrons. The van der Waals surface area contributed by atoms with Crippen LogP contribution in [0.1, 0.15) is 27.7 Å². The number of alkyl halides is 6. The van der Waals surface area contributed by atoms with Crippen molar-refractivity contribution >= 4 is 11.6 Å². The Morgan fingerprint density at radius 1 is 0.650 bits per heavy atom. The molecule has 0 unspecified atom stereocenters. The summed E-state index contributed by atoms with van der Waals surface area (Å²) in [5, 5.41) is 0. The van der Waals surface area contributed by atoms with Crippen LogP contribution in [0.4, 0.5) is 26.3 Å². The summed E-state index contributed by atoms with van der Waals surface area (Å²) in [6.07, 6.45) is -10.8. The van der Waals surface area contributed by atoms with E-state index in [2.05, 4.69) is 0 Å². The molecular weight excluding hydrogens is 290 g/mol. The second-order valence-electron chi connectivity index (χ2n) is 5.15. The highest BCUT2D eigenvalue weighted by molar-refractivity contribution is 5.92. The Morgan fingerprint density at radius 2 is 0.850 bits per heavy atom. The highest BCUT2D eigenvalue weighted by Crippen LogP contribution is 2.43. The Bertz CT molecular complexity index is 331. The molecule has 20 heavy (non-hydrogen) atoms. The van der Waals surface area contributed by atoms with Crippen LogP contribution in [-0.2, 0) is 9.59 Å². The largest absolute Gasteiger partial charge is 0.399 e. The molecule has 2 atom stereocenters. The molecule has 0 saturated heterocycles. The smallest absolute Gasteiger partial charge is 0.299 e. The van der Waals surface area contributed by atoms with E-state index in [-0.39, 0.29) is 0 Å². The number of hydrogen-bond acceptors (Lipinski definition) is 2. The minimum absolute atomic E-state index is 1.06. The maximum absolute atomic E-state index is 12.9. The quantitative estimate of drug-likeness (QED) is 0.724. The van der Waals surface area contributed by atoms with E-state index in [1.54, 1.807) is 0 Å². The molecular formula is C12H16F6O2. The minimum atomic E-state index is -5.42. The summed E-state index contributed by atoms with van der Waals surface area (Å²) >= 11 is 0. The highest BCUT2D eigenvalue weighted by Gasteiger charge is 2.61. The van der Waals surface area contributed by atoms with Gasteiger partial charge in [0.15, 0.2) is 0 Å². The zero-order chi connectivity index (χ0) is 16.5. The van der Waals surface area contributed by atoms with Gasteiger partial charge in [-0.25, -0.2) is 0 Å². The van der Waals surface area contributed by atoms with Gasteiger partial charge in [-0.05, 0) is 0 Å². The summed E-state index contributed by atoms with van der Waals surface area (Å²) < 4.78 is 77.2. The summed E-state index contributed by atoms with van der Waals surface area (Å²) in [4.78, 5) is 23.1. The van der Waals surface area contributed by atoms with Gasteiger partial charge in [0.05, 0.1) is 0 Å². The van der Waals surface area contributed by atoms with E-state index in [0.29, 0.717) is 0 Å². The molecule has 0 aliphatic heterocycles. The lowest BCUT2D eigenvalue weighted by atomic mass is 9.78. The maximum atomic E-state index is 12.9. The van der Waals surface area contributed by atoms with Crippen LogP contribution in [0.25, 0.3) is 0 Å². The number of carbonyl (C=O) groups is 2. The van der Waals surface area contributed by atoms with Gasteiger partial charge < -0.3 is 0 Å². The topological polar surface area (TPSA) is 34.1 Å². The average molecular weight is 306 g/mol. The van der Waals surface area contributed by atoms with Crippen molar-refractivity contribution < 1.29 is 35.9 Å². The molecule has 2 nitrogen and oxygen atoms in total. The van der Waals surface area contributed by atoms with Crippen LogP contribution in [0.5, 0.6) is 0 Å². The molecule has 0 bridgehead atoms. The molecule has 0 saturated carbocycles. The van der Waals surface area contributed by atoms with Crippen LogP contribution in [0, 0.1) is 23.7 Å². The van der Waals surface area contributed by atoms with Gasteiger partial charge in [0, 0.05) is 11.8 Å². The summed E-state index contributed by atoms with van der Waals surface area (Å²) in [6, 6.07) is 0. The third-order valence-electron chi connectivity index (χ3n) is 2.79. The first-order valence-corrected chi connectivity index (χ1v) is 5.92. The molecule has 0 aromatic carbocycles. The first kappa shape index (κ1) is 18.9. The fraction of sp³-hybridized carbons (Fsp3) is 0.833. The van der Waals surface area contributed by atoms with Crippen molar-refractivity contribution in [2.45, 2.75) is 40.0 Å². The second-order valence-corrected chi connectivity index (χ2v) is 5.15. The van der Waals surface area contributed by atoms with E-state index in [1.807, 2.05) is 0 Å². The van der Waals surface area contributed by atoms with Crippen molar-refractivity contribution in [2.24, 2.45) is 23.7 Å². The van der Waals surface area contributed by atoms with Gasteiger partial charge in [0.25, 0.3) is 0 Å². The van der Waals surface area contributed by atoms with Gasteiger partial charge in [-0.3, -0.25) is 9.59 Å². The van der Waals surface area contributed by atoms with Crippen molar-refractivity contribution in [3.05, 3.63) is 0 Å². The van der Waals surface area contributed by atoms with Crippen LogP contribution < -0.4 is 0 Å². The lowest BCUT2D eigenvalue weighted by molar-refractivity contribution is -0.246. The molecule has 0 amide bonds. The average Bonchev–Trinajstić information content (AvgIpc) is 2.19. The predicted molar refractivity (Wildman–Crippen MR) is 58.8 cm³/mol. The van der Waals surface area contributed by atoms with E-state index < -0.39 is 47.6 Å². The van der Waals surface area contributed by atoms with E-state index in [4.69, 9.17) is 0 Å². The van der Waals surface area contributed by atoms with Gasteiger partial charge in [0.1, 0.15) is 23.4 Å². The highest BCUT2D eigenvalue weighted by atomic mass is 19.4. The van der Waals surface area contributed by atoms with Crippen LogP contribution in [0.15, 0.2) is 0 Å². The van der Waals surface area contributed by atoms with Crippen molar-refractivity contribution in [1.29, 1.82) is 0 Å². The number of Topliss-reactive ketones (excluding diaryl/α,β-unsaturated/α-hetero) is 2. The fourth-order valence-electron chi connectivity index (χ4n) is 1.75. The van der Waals surface area contributed by atoms with Crippen LogP contribution in [-0.4, -0.2) is 23.9 Å². The molecule has 0 aliphatic rings. The summed E-state index contributed by atoms with van der Waals surface area (Å²) in [5.41, 5.74) is 0. The molecule has 0 heterocycles. The third kappa shape index (κ3) is 4.49. The van der Waals surface area contributed by atoms with Gasteiger partial charge in [-0.1, -0.05) is 27.7 Å². The first-order chi connectivity index (χ1) is 8.71. The number of rotatable bonds is 5. The number of hydrogen-bond donors (Lipinski definition) is 0. The van der Waals surface area contributed by atoms with E-state index in [0.717, 1.165) is 27.7 Å². The van der Waals surface area contributed by atoms with Crippen molar-refractivity contribution in [2.75, 3.05) is 0 Å². The van der Waals surface area contributed by atoms with Gasteiger partial charge >= 0.3 is 12.4 Å². The zero-order valence-electron chi connectivity index (χ0n) is 11.4. The summed E-state index contributed by atoms with van der Waals surface area (Å²) in [5.74, 6) is -12.5. The van der Waals surface area contributed by atoms with E-state index >= 15 is 0 Å². The molecule has 0 fully saturated rings. The monoisotopic (exact) mass is 306 g/mol. The predicted octanol–water partition coefficient (Wildman–Crippen LogP) is 3.79. The van der Waals surface area contributed by atoms with Crippen LogP contribution in [0.3, 0.4) is 0 Å². The Morgan fingerprint density at radius 3 is 0.950 bits per heavy atom. The lowest BCUT2D eigenvalue weighted by Gasteiger charge is -2.30. The van der Waals surface area contributed by atoms with E-state index in [1.165, 1.54) is 0 Å². The van der Waals surface area contributed by atoms with Crippen LogP contribution >= 0.6 is 0 Å². The Labute approximate surface area is 112 Å². The Hall–Kier alpha value is -1.08. The Kier molecular flexibility index (Phi) is 5.80. The molecule has 8 heteroatoms. The molecule has 0 aliphatic carbocycles. The van der Waals surface area contributed by atoms with Crippen molar-refractivity contribution in [3.8, 4) is 0 Å². The summed E-state index contributed by atoms with van der Waals surface area (Å²) in [6.45, 7) is 4.26. The normalized spacial score (nSPS) is 16.4. The van der Waals surface area contributed by atoms with Gasteiger partial charge in [-0.2, -0.15) is 26.3 Å². The second kappa shape index (κ2) is 6.13. The summed E-state index contributed by atoms with van der Waals surface area (Å²) in [7, 11) is 0. The van der Waals surface area contributed by atoms with Crippen molar-refractivity contribution in [1.82, 2.24) is 0 Å². The lowest BCUT2D eigenvalue weighted by Crippen LogP contribution is -2.49. The SMILES string of the molecule is CC(C)C(=O)[C@H]([C@H](C(=O)C(C)C)C(F)(F)F)C(F)(F)F.